The minimum absolute atomic E-state index is 0.0943. The number of aromatic nitrogens is 6. The Kier molecular flexibility index (Phi) is 6.07. The number of sulfone groups is 1. The SMILES string of the molecule is CS(=O)(=O)c1nccc(-c2cn(CC(F)F)nc2-c2cnc3c(ccn3S(=O)(=O)c3ccccc3)c2)n1. The number of hydrogen-bond donors (Lipinski definition) is 0. The highest BCUT2D eigenvalue weighted by molar-refractivity contribution is 7.90. The number of nitrogens with zero attached hydrogens (tertiary/aromatic N) is 6. The molecule has 0 saturated heterocycles. The van der Waals surface area contributed by atoms with E-state index in [1.807, 2.05) is 0 Å². The van der Waals surface area contributed by atoms with E-state index in [0.29, 0.717) is 10.9 Å². The molecule has 0 aliphatic heterocycles. The van der Waals surface area contributed by atoms with E-state index in [2.05, 4.69) is 20.1 Å². The number of rotatable bonds is 7. The number of fused-ring (bicyclic) bond motifs is 1. The van der Waals surface area contributed by atoms with Crippen molar-refractivity contribution in [2.24, 2.45) is 0 Å². The fraction of sp³-hybridized carbons (Fsp3) is 0.130. The van der Waals surface area contributed by atoms with Crippen molar-refractivity contribution in [1.29, 1.82) is 0 Å². The summed E-state index contributed by atoms with van der Waals surface area (Å²) in [5, 5.41) is 4.30. The molecule has 0 spiro atoms. The Morgan fingerprint density at radius 2 is 1.76 bits per heavy atom. The zero-order valence-corrected chi connectivity index (χ0v) is 20.7. The van der Waals surface area contributed by atoms with E-state index in [9.17, 15) is 25.6 Å². The number of pyridine rings is 1. The summed E-state index contributed by atoms with van der Waals surface area (Å²) in [7, 11) is -7.63. The fourth-order valence-electron chi connectivity index (χ4n) is 3.76. The van der Waals surface area contributed by atoms with Gasteiger partial charge in [0.1, 0.15) is 12.2 Å². The second kappa shape index (κ2) is 9.12. The van der Waals surface area contributed by atoms with Crippen LogP contribution in [0.25, 0.3) is 33.5 Å². The average molecular weight is 545 g/mol. The predicted octanol–water partition coefficient (Wildman–Crippen LogP) is 3.26. The van der Waals surface area contributed by atoms with Crippen LogP contribution in [0.2, 0.25) is 0 Å². The Labute approximate surface area is 210 Å². The van der Waals surface area contributed by atoms with E-state index in [1.165, 1.54) is 43.0 Å². The van der Waals surface area contributed by atoms with Gasteiger partial charge in [-0.1, -0.05) is 18.2 Å². The molecule has 0 atom stereocenters. The third kappa shape index (κ3) is 4.72. The molecule has 1 aromatic carbocycles. The molecule has 5 aromatic rings. The van der Waals surface area contributed by atoms with Crippen LogP contribution in [-0.2, 0) is 26.4 Å². The summed E-state index contributed by atoms with van der Waals surface area (Å²) in [5.74, 6) is 0. The van der Waals surface area contributed by atoms with Gasteiger partial charge in [-0.3, -0.25) is 4.68 Å². The van der Waals surface area contributed by atoms with Crippen molar-refractivity contribution < 1.29 is 25.6 Å². The molecule has 0 aliphatic carbocycles. The molecule has 10 nitrogen and oxygen atoms in total. The highest BCUT2D eigenvalue weighted by Crippen LogP contribution is 2.32. The molecule has 0 unspecified atom stereocenters. The van der Waals surface area contributed by atoms with Gasteiger partial charge in [0, 0.05) is 47.6 Å². The monoisotopic (exact) mass is 544 g/mol. The zero-order valence-electron chi connectivity index (χ0n) is 19.1. The van der Waals surface area contributed by atoms with Gasteiger partial charge >= 0.3 is 0 Å². The molecule has 190 valence electrons. The van der Waals surface area contributed by atoms with E-state index in [0.717, 1.165) is 14.9 Å². The molecule has 4 aromatic heterocycles. The summed E-state index contributed by atoms with van der Waals surface area (Å²) < 4.78 is 78.4. The van der Waals surface area contributed by atoms with Crippen molar-refractivity contribution >= 4 is 30.9 Å². The lowest BCUT2D eigenvalue weighted by molar-refractivity contribution is 0.122. The smallest absolute Gasteiger partial charge is 0.266 e. The van der Waals surface area contributed by atoms with E-state index in [-0.39, 0.29) is 27.5 Å². The van der Waals surface area contributed by atoms with Crippen LogP contribution in [0, 0.1) is 0 Å². The topological polar surface area (TPSA) is 130 Å². The Bertz CT molecular complexity index is 1840. The highest BCUT2D eigenvalue weighted by atomic mass is 32.2. The van der Waals surface area contributed by atoms with Crippen LogP contribution in [0.5, 0.6) is 0 Å². The van der Waals surface area contributed by atoms with Gasteiger partial charge in [0.15, 0.2) is 5.65 Å². The molecule has 5 rings (SSSR count). The molecule has 0 aliphatic rings. The fourth-order valence-corrected chi connectivity index (χ4v) is 5.60. The predicted molar refractivity (Wildman–Crippen MR) is 130 cm³/mol. The van der Waals surface area contributed by atoms with Gasteiger partial charge in [-0.2, -0.15) is 5.10 Å². The normalized spacial score (nSPS) is 12.4. The standard InChI is InChI=1S/C23H18F2N6O4S2/c1-36(32,33)23-26-9-7-19(28-23)18-13-30(14-20(24)25)29-21(18)16-11-15-8-10-31(22(15)27-12-16)37(34,35)17-5-3-2-4-6-17/h2-13,20H,14H2,1H3. The van der Waals surface area contributed by atoms with Crippen LogP contribution >= 0.6 is 0 Å². The molecular weight excluding hydrogens is 526 g/mol. The number of alkyl halides is 2. The Morgan fingerprint density at radius 3 is 2.46 bits per heavy atom. The summed E-state index contributed by atoms with van der Waals surface area (Å²) in [4.78, 5) is 12.3. The van der Waals surface area contributed by atoms with E-state index < -0.39 is 38.0 Å². The largest absolute Gasteiger partial charge is 0.269 e. The van der Waals surface area contributed by atoms with E-state index in [1.54, 1.807) is 30.3 Å². The lowest BCUT2D eigenvalue weighted by Gasteiger charge is -2.07. The van der Waals surface area contributed by atoms with Crippen molar-refractivity contribution in [2.45, 2.75) is 23.0 Å². The maximum absolute atomic E-state index is 13.1. The number of hydrogen-bond acceptors (Lipinski definition) is 8. The third-order valence-corrected chi connectivity index (χ3v) is 7.94. The molecule has 0 amide bonds. The maximum atomic E-state index is 13.1. The van der Waals surface area contributed by atoms with Crippen LogP contribution in [0.4, 0.5) is 8.78 Å². The minimum atomic E-state index is -3.90. The summed E-state index contributed by atoms with van der Waals surface area (Å²) >= 11 is 0. The van der Waals surface area contributed by atoms with Crippen molar-refractivity contribution in [2.75, 3.05) is 6.26 Å². The van der Waals surface area contributed by atoms with Gasteiger partial charge in [-0.05, 0) is 30.3 Å². The van der Waals surface area contributed by atoms with E-state index in [4.69, 9.17) is 0 Å². The van der Waals surface area contributed by atoms with Crippen LogP contribution < -0.4 is 0 Å². The van der Waals surface area contributed by atoms with Gasteiger partial charge in [-0.15, -0.1) is 0 Å². The first-order chi connectivity index (χ1) is 17.5. The first-order valence-electron chi connectivity index (χ1n) is 10.7. The summed E-state index contributed by atoms with van der Waals surface area (Å²) in [6.07, 6.45) is 3.61. The van der Waals surface area contributed by atoms with Gasteiger partial charge in [0.05, 0.1) is 10.6 Å². The molecular formula is C23H18F2N6O4S2. The molecule has 37 heavy (non-hydrogen) atoms. The molecule has 4 heterocycles. The minimum Gasteiger partial charge on any atom is -0.266 e. The zero-order chi connectivity index (χ0) is 26.4. The van der Waals surface area contributed by atoms with E-state index >= 15 is 0 Å². The second-order valence-corrected chi connectivity index (χ2v) is 11.8. The van der Waals surface area contributed by atoms with Crippen molar-refractivity contribution in [3.8, 4) is 22.5 Å². The average Bonchev–Trinajstić information content (AvgIpc) is 3.48. The Morgan fingerprint density at radius 1 is 1.00 bits per heavy atom. The Hall–Kier alpha value is -4.04. The highest BCUT2D eigenvalue weighted by Gasteiger charge is 2.22. The van der Waals surface area contributed by atoms with Gasteiger partial charge < -0.3 is 0 Å². The molecule has 0 saturated carbocycles. The first-order valence-corrected chi connectivity index (χ1v) is 14.0. The van der Waals surface area contributed by atoms with Gasteiger partial charge in [-0.25, -0.2) is 44.5 Å². The number of halogens is 2. The second-order valence-electron chi connectivity index (χ2n) is 8.07. The van der Waals surface area contributed by atoms with Crippen LogP contribution in [-0.4, -0.2) is 58.2 Å². The van der Waals surface area contributed by atoms with Crippen LogP contribution in [0.1, 0.15) is 0 Å². The Balaban J connectivity index is 1.64. The molecule has 0 radical (unpaired) electrons. The molecule has 14 heteroatoms. The third-order valence-electron chi connectivity index (χ3n) is 5.39. The summed E-state index contributed by atoms with van der Waals surface area (Å²) in [6, 6.07) is 12.5. The van der Waals surface area contributed by atoms with Crippen LogP contribution in [0.3, 0.4) is 0 Å². The quantitative estimate of drug-likeness (QED) is 0.286. The maximum Gasteiger partial charge on any atom is 0.269 e. The van der Waals surface area contributed by atoms with Gasteiger partial charge in [0.2, 0.25) is 15.0 Å². The van der Waals surface area contributed by atoms with Crippen LogP contribution in [0.15, 0.2) is 83.4 Å². The molecule has 0 bridgehead atoms. The van der Waals surface area contributed by atoms with Gasteiger partial charge in [0.25, 0.3) is 16.4 Å². The molecule has 0 N–H and O–H groups in total. The first kappa shape index (κ1) is 24.6. The summed E-state index contributed by atoms with van der Waals surface area (Å²) in [6.45, 7) is -0.696. The lowest BCUT2D eigenvalue weighted by atomic mass is 10.1. The lowest BCUT2D eigenvalue weighted by Crippen LogP contribution is -2.12. The molecule has 0 fully saturated rings. The summed E-state index contributed by atoms with van der Waals surface area (Å²) in [5.41, 5.74) is 1.22. The number of benzene rings is 1. The van der Waals surface area contributed by atoms with Crippen molar-refractivity contribution in [3.05, 3.63) is 73.3 Å². The van der Waals surface area contributed by atoms with Crippen molar-refractivity contribution in [1.82, 2.24) is 28.7 Å². The van der Waals surface area contributed by atoms with Crippen molar-refractivity contribution in [3.63, 3.8) is 0 Å².